The van der Waals surface area contributed by atoms with Crippen LogP contribution in [0, 0.1) is 13.8 Å². The van der Waals surface area contributed by atoms with E-state index in [-0.39, 0.29) is 6.04 Å². The van der Waals surface area contributed by atoms with Gasteiger partial charge in [-0.15, -0.1) is 21.5 Å². The maximum absolute atomic E-state index is 5.71. The summed E-state index contributed by atoms with van der Waals surface area (Å²) < 4.78 is 7.66. The quantitative estimate of drug-likeness (QED) is 0.513. The van der Waals surface area contributed by atoms with Gasteiger partial charge < -0.3 is 19.6 Å². The van der Waals surface area contributed by atoms with Crippen LogP contribution in [0.2, 0.25) is 0 Å². The topological polar surface area (TPSA) is 80.3 Å². The number of guanidine groups is 1. The first-order valence-electron chi connectivity index (χ1n) is 8.51. The summed E-state index contributed by atoms with van der Waals surface area (Å²) in [6.45, 7) is 7.08. The summed E-state index contributed by atoms with van der Waals surface area (Å²) in [7, 11) is 1.95. The van der Waals surface area contributed by atoms with Crippen LogP contribution >= 0.6 is 11.3 Å². The normalized spacial score (nSPS) is 13.0. The van der Waals surface area contributed by atoms with E-state index in [9.17, 15) is 0 Å². The number of aromatic nitrogens is 3. The van der Waals surface area contributed by atoms with Crippen molar-refractivity contribution < 1.29 is 4.42 Å². The van der Waals surface area contributed by atoms with E-state index in [1.807, 2.05) is 50.6 Å². The van der Waals surface area contributed by atoms with Crippen molar-refractivity contribution in [2.45, 2.75) is 39.9 Å². The van der Waals surface area contributed by atoms with Gasteiger partial charge in [-0.05, 0) is 44.4 Å². The number of aryl methyl sites for hydroxylation is 2. The molecule has 0 fully saturated rings. The molecule has 0 aliphatic carbocycles. The standard InChI is InChI=1S/C18H24N6OS/c1-12-7-8-16(25-12)13(2)21-18(19-10-15-6-5-9-26-15)20-11-17-23-22-14(3)24(17)4/h5-9,13H,10-11H2,1-4H3,(H2,19,20,21). The monoisotopic (exact) mass is 372 g/mol. The van der Waals surface area contributed by atoms with Gasteiger partial charge in [0, 0.05) is 11.9 Å². The second-order valence-corrected chi connectivity index (χ2v) is 7.17. The number of thiophene rings is 1. The van der Waals surface area contributed by atoms with Gasteiger partial charge in [-0.3, -0.25) is 0 Å². The Bertz CT molecular complexity index is 864. The molecular weight excluding hydrogens is 348 g/mol. The van der Waals surface area contributed by atoms with Crippen LogP contribution in [0.3, 0.4) is 0 Å². The van der Waals surface area contributed by atoms with Crippen molar-refractivity contribution in [3.05, 3.63) is 57.7 Å². The summed E-state index contributed by atoms with van der Waals surface area (Å²) in [5, 5.41) is 17.1. The van der Waals surface area contributed by atoms with Gasteiger partial charge >= 0.3 is 0 Å². The number of nitrogens with one attached hydrogen (secondary N) is 2. The van der Waals surface area contributed by atoms with Crippen LogP contribution in [-0.4, -0.2) is 20.7 Å². The molecule has 0 bridgehead atoms. The number of hydrogen-bond acceptors (Lipinski definition) is 5. The Kier molecular flexibility index (Phi) is 5.72. The van der Waals surface area contributed by atoms with E-state index in [1.54, 1.807) is 11.3 Å². The summed E-state index contributed by atoms with van der Waals surface area (Å²) in [6.07, 6.45) is 0. The van der Waals surface area contributed by atoms with Gasteiger partial charge in [-0.1, -0.05) is 6.07 Å². The fraction of sp³-hybridized carbons (Fsp3) is 0.389. The molecule has 26 heavy (non-hydrogen) atoms. The molecule has 0 aromatic carbocycles. The zero-order valence-corrected chi connectivity index (χ0v) is 16.3. The number of aliphatic imine (C=N–C) groups is 1. The largest absolute Gasteiger partial charge is 0.464 e. The first-order valence-corrected chi connectivity index (χ1v) is 9.39. The SMILES string of the molecule is Cc1ccc(C(C)NC(=NCc2nnc(C)n2C)NCc2cccs2)o1. The molecule has 7 nitrogen and oxygen atoms in total. The molecule has 0 saturated heterocycles. The molecule has 3 heterocycles. The van der Waals surface area contributed by atoms with Gasteiger partial charge in [0.2, 0.25) is 0 Å². The first kappa shape index (κ1) is 18.2. The van der Waals surface area contributed by atoms with Crippen LogP contribution < -0.4 is 10.6 Å². The highest BCUT2D eigenvalue weighted by atomic mass is 32.1. The van der Waals surface area contributed by atoms with Gasteiger partial charge in [0.1, 0.15) is 23.9 Å². The van der Waals surface area contributed by atoms with Crippen molar-refractivity contribution in [1.29, 1.82) is 0 Å². The van der Waals surface area contributed by atoms with E-state index in [2.05, 4.69) is 37.3 Å². The molecule has 0 radical (unpaired) electrons. The molecule has 0 aliphatic heterocycles. The summed E-state index contributed by atoms with van der Waals surface area (Å²) in [5.74, 6) is 4.17. The van der Waals surface area contributed by atoms with Gasteiger partial charge in [0.25, 0.3) is 0 Å². The van der Waals surface area contributed by atoms with Crippen LogP contribution in [0.1, 0.15) is 41.0 Å². The second kappa shape index (κ2) is 8.18. The molecule has 3 aromatic heterocycles. The van der Waals surface area contributed by atoms with E-state index in [0.717, 1.165) is 23.2 Å². The van der Waals surface area contributed by atoms with Crippen molar-refractivity contribution in [3.8, 4) is 0 Å². The van der Waals surface area contributed by atoms with E-state index >= 15 is 0 Å². The summed E-state index contributed by atoms with van der Waals surface area (Å²) in [6, 6.07) is 8.09. The molecule has 0 spiro atoms. The minimum atomic E-state index is -0.000446. The molecule has 0 amide bonds. The van der Waals surface area contributed by atoms with E-state index in [4.69, 9.17) is 4.42 Å². The lowest BCUT2D eigenvalue weighted by Crippen LogP contribution is -2.38. The summed E-state index contributed by atoms with van der Waals surface area (Å²) in [5.41, 5.74) is 0. The fourth-order valence-corrected chi connectivity index (χ4v) is 3.08. The molecule has 1 atom stereocenters. The average Bonchev–Trinajstić information content (AvgIpc) is 3.35. The molecule has 138 valence electrons. The van der Waals surface area contributed by atoms with Crippen LogP contribution in [0.15, 0.2) is 39.1 Å². The lowest BCUT2D eigenvalue weighted by atomic mass is 10.2. The predicted octanol–water partition coefficient (Wildman–Crippen LogP) is 3.08. The van der Waals surface area contributed by atoms with Crippen LogP contribution in [-0.2, 0) is 20.1 Å². The smallest absolute Gasteiger partial charge is 0.192 e. The third-order valence-corrected chi connectivity index (χ3v) is 4.99. The molecule has 0 saturated carbocycles. The van der Waals surface area contributed by atoms with Crippen molar-refractivity contribution >= 4 is 17.3 Å². The Morgan fingerprint density at radius 1 is 1.31 bits per heavy atom. The minimum Gasteiger partial charge on any atom is -0.464 e. The van der Waals surface area contributed by atoms with Crippen molar-refractivity contribution in [3.63, 3.8) is 0 Å². The van der Waals surface area contributed by atoms with Gasteiger partial charge in [0.05, 0.1) is 12.6 Å². The summed E-state index contributed by atoms with van der Waals surface area (Å²) >= 11 is 1.71. The van der Waals surface area contributed by atoms with Crippen LogP contribution in [0.5, 0.6) is 0 Å². The molecule has 0 aliphatic rings. The first-order chi connectivity index (χ1) is 12.5. The molecule has 3 rings (SSSR count). The third-order valence-electron chi connectivity index (χ3n) is 4.11. The Hall–Kier alpha value is -2.61. The minimum absolute atomic E-state index is 0.000446. The van der Waals surface area contributed by atoms with E-state index < -0.39 is 0 Å². The highest BCUT2D eigenvalue weighted by Crippen LogP contribution is 2.15. The Morgan fingerprint density at radius 3 is 2.77 bits per heavy atom. The number of nitrogens with zero attached hydrogens (tertiary/aromatic N) is 4. The average molecular weight is 372 g/mol. The molecule has 8 heteroatoms. The molecular formula is C18H24N6OS. The number of furan rings is 1. The fourth-order valence-electron chi connectivity index (χ4n) is 2.44. The molecule has 3 aromatic rings. The highest BCUT2D eigenvalue weighted by Gasteiger charge is 2.12. The summed E-state index contributed by atoms with van der Waals surface area (Å²) in [4.78, 5) is 5.92. The lowest BCUT2D eigenvalue weighted by molar-refractivity contribution is 0.441. The zero-order chi connectivity index (χ0) is 18.5. The van der Waals surface area contributed by atoms with Gasteiger partial charge in [-0.2, -0.15) is 0 Å². The van der Waals surface area contributed by atoms with Crippen molar-refractivity contribution in [2.75, 3.05) is 0 Å². The third kappa shape index (κ3) is 4.51. The van der Waals surface area contributed by atoms with Crippen LogP contribution in [0.25, 0.3) is 0 Å². The Balaban J connectivity index is 1.71. The van der Waals surface area contributed by atoms with E-state index in [1.165, 1.54) is 4.88 Å². The number of hydrogen-bond donors (Lipinski definition) is 2. The van der Waals surface area contributed by atoms with E-state index in [0.29, 0.717) is 19.0 Å². The zero-order valence-electron chi connectivity index (χ0n) is 15.5. The maximum Gasteiger partial charge on any atom is 0.192 e. The highest BCUT2D eigenvalue weighted by molar-refractivity contribution is 7.09. The van der Waals surface area contributed by atoms with Crippen LogP contribution in [0.4, 0.5) is 0 Å². The molecule has 1 unspecified atom stereocenters. The predicted molar refractivity (Wildman–Crippen MR) is 103 cm³/mol. The van der Waals surface area contributed by atoms with Gasteiger partial charge in [-0.25, -0.2) is 4.99 Å². The number of rotatable bonds is 6. The maximum atomic E-state index is 5.71. The second-order valence-electron chi connectivity index (χ2n) is 6.13. The molecule has 2 N–H and O–H groups in total. The Morgan fingerprint density at radius 2 is 2.15 bits per heavy atom. The van der Waals surface area contributed by atoms with Gasteiger partial charge in [0.15, 0.2) is 11.8 Å². The Labute approximate surface area is 157 Å². The lowest BCUT2D eigenvalue weighted by Gasteiger charge is -2.16. The van der Waals surface area contributed by atoms with Crippen molar-refractivity contribution in [1.82, 2.24) is 25.4 Å². The van der Waals surface area contributed by atoms with Crippen molar-refractivity contribution in [2.24, 2.45) is 12.0 Å².